The van der Waals surface area contributed by atoms with E-state index >= 15 is 0 Å². The molecule has 0 bridgehead atoms. The summed E-state index contributed by atoms with van der Waals surface area (Å²) in [6, 6.07) is 18.9. The fraction of sp³-hybridized carbons (Fsp3) is 0.192. The van der Waals surface area contributed by atoms with E-state index in [1.54, 1.807) is 25.3 Å². The molecule has 0 saturated carbocycles. The average molecular weight is 446 g/mol. The maximum absolute atomic E-state index is 12.2. The molecule has 0 fully saturated rings. The molecule has 7 heteroatoms. The molecule has 0 aliphatic heterocycles. The number of carbonyl (C=O) groups is 2. The van der Waals surface area contributed by atoms with Crippen molar-refractivity contribution in [2.45, 2.75) is 27.4 Å². The van der Waals surface area contributed by atoms with Crippen LogP contribution in [0.15, 0.2) is 65.8 Å². The lowest BCUT2D eigenvalue weighted by Crippen LogP contribution is -2.32. The van der Waals surface area contributed by atoms with Gasteiger partial charge in [-0.15, -0.1) is 0 Å². The number of ether oxygens (including phenoxy) is 2. The number of hydrogen-bond acceptors (Lipinski definition) is 5. The Morgan fingerprint density at radius 2 is 1.58 bits per heavy atom. The van der Waals surface area contributed by atoms with E-state index in [2.05, 4.69) is 15.8 Å². The molecule has 7 nitrogen and oxygen atoms in total. The Morgan fingerprint density at radius 3 is 2.27 bits per heavy atom. The van der Waals surface area contributed by atoms with Gasteiger partial charge in [0.25, 0.3) is 0 Å². The maximum Gasteiger partial charge on any atom is 0.329 e. The molecular formula is C26H27N3O4. The lowest BCUT2D eigenvalue weighted by Gasteiger charge is -2.12. The van der Waals surface area contributed by atoms with Gasteiger partial charge in [0, 0.05) is 5.69 Å². The summed E-state index contributed by atoms with van der Waals surface area (Å²) in [4.78, 5) is 24.3. The smallest absolute Gasteiger partial charge is 0.329 e. The molecule has 0 saturated heterocycles. The molecule has 0 heterocycles. The maximum atomic E-state index is 12.2. The number of carbonyl (C=O) groups excluding carboxylic acids is 2. The van der Waals surface area contributed by atoms with Crippen molar-refractivity contribution in [1.29, 1.82) is 0 Å². The molecule has 0 aliphatic rings. The highest BCUT2D eigenvalue weighted by molar-refractivity contribution is 6.39. The number of anilines is 1. The number of rotatable bonds is 7. The van der Waals surface area contributed by atoms with Crippen LogP contribution in [0, 0.1) is 20.8 Å². The monoisotopic (exact) mass is 445 g/mol. The van der Waals surface area contributed by atoms with E-state index in [0.717, 1.165) is 22.3 Å². The lowest BCUT2D eigenvalue weighted by molar-refractivity contribution is -0.136. The molecule has 3 rings (SSSR count). The van der Waals surface area contributed by atoms with Crippen molar-refractivity contribution in [2.24, 2.45) is 5.10 Å². The summed E-state index contributed by atoms with van der Waals surface area (Å²) in [5, 5.41) is 6.50. The largest absolute Gasteiger partial charge is 0.493 e. The van der Waals surface area contributed by atoms with E-state index in [1.807, 2.05) is 63.2 Å². The Balaban J connectivity index is 1.59. The van der Waals surface area contributed by atoms with Crippen molar-refractivity contribution in [3.05, 3.63) is 88.5 Å². The molecule has 2 amide bonds. The molecule has 0 aliphatic carbocycles. The Bertz CT molecular complexity index is 1170. The number of amides is 2. The minimum Gasteiger partial charge on any atom is -0.493 e. The standard InChI is InChI=1S/C26H27N3O4/c1-17-8-5-6-11-21(17)16-33-22-13-12-20(14-23(22)32-4)15-27-29-26(31)25(30)28-24-18(2)9-7-10-19(24)3/h5-15H,16H2,1-4H3,(H,28,30)(H,29,31)/b27-15+. The third-order valence-electron chi connectivity index (χ3n) is 5.14. The molecule has 0 unspecified atom stereocenters. The molecule has 170 valence electrons. The second-order valence-corrected chi connectivity index (χ2v) is 7.55. The van der Waals surface area contributed by atoms with Gasteiger partial charge in [-0.25, -0.2) is 5.43 Å². The van der Waals surface area contributed by atoms with Gasteiger partial charge < -0.3 is 14.8 Å². The number of hydrogen-bond donors (Lipinski definition) is 2. The lowest BCUT2D eigenvalue weighted by atomic mass is 10.1. The molecule has 3 aromatic rings. The summed E-state index contributed by atoms with van der Waals surface area (Å²) in [6.07, 6.45) is 1.43. The molecule has 0 atom stereocenters. The first-order valence-corrected chi connectivity index (χ1v) is 10.4. The van der Waals surface area contributed by atoms with Crippen molar-refractivity contribution < 1.29 is 19.1 Å². The van der Waals surface area contributed by atoms with E-state index in [9.17, 15) is 9.59 Å². The first-order chi connectivity index (χ1) is 15.9. The summed E-state index contributed by atoms with van der Waals surface area (Å²) in [5.41, 5.74) is 7.52. The van der Waals surface area contributed by atoms with Crippen molar-refractivity contribution in [2.75, 3.05) is 12.4 Å². The van der Waals surface area contributed by atoms with Gasteiger partial charge in [-0.2, -0.15) is 5.10 Å². The van der Waals surface area contributed by atoms with Crippen LogP contribution in [0.2, 0.25) is 0 Å². The topological polar surface area (TPSA) is 89.0 Å². The van der Waals surface area contributed by atoms with E-state index in [4.69, 9.17) is 9.47 Å². The summed E-state index contributed by atoms with van der Waals surface area (Å²) >= 11 is 0. The fourth-order valence-corrected chi connectivity index (χ4v) is 3.21. The zero-order valence-electron chi connectivity index (χ0n) is 19.1. The zero-order chi connectivity index (χ0) is 23.8. The van der Waals surface area contributed by atoms with Gasteiger partial charge in [-0.3, -0.25) is 9.59 Å². The molecule has 3 aromatic carbocycles. The minimum absolute atomic E-state index is 0.419. The summed E-state index contributed by atoms with van der Waals surface area (Å²) in [5.74, 6) is -0.525. The van der Waals surface area contributed by atoms with Gasteiger partial charge in [0.15, 0.2) is 11.5 Å². The first kappa shape index (κ1) is 23.5. The molecule has 2 N–H and O–H groups in total. The number of para-hydroxylation sites is 1. The van der Waals surface area contributed by atoms with Crippen LogP contribution in [-0.4, -0.2) is 25.1 Å². The van der Waals surface area contributed by atoms with Crippen LogP contribution in [0.4, 0.5) is 5.69 Å². The number of hydrazone groups is 1. The Kier molecular flexibility index (Phi) is 7.81. The van der Waals surface area contributed by atoms with Crippen LogP contribution in [-0.2, 0) is 16.2 Å². The third kappa shape index (κ3) is 6.20. The van der Waals surface area contributed by atoms with Crippen molar-refractivity contribution in [1.82, 2.24) is 5.43 Å². The Morgan fingerprint density at radius 1 is 0.879 bits per heavy atom. The van der Waals surface area contributed by atoms with Crippen molar-refractivity contribution >= 4 is 23.7 Å². The highest BCUT2D eigenvalue weighted by atomic mass is 16.5. The number of nitrogens with one attached hydrogen (secondary N) is 2. The molecular weight excluding hydrogens is 418 g/mol. The normalized spacial score (nSPS) is 10.7. The van der Waals surface area contributed by atoms with Gasteiger partial charge in [0.1, 0.15) is 6.61 Å². The third-order valence-corrected chi connectivity index (χ3v) is 5.14. The zero-order valence-corrected chi connectivity index (χ0v) is 19.1. The second-order valence-electron chi connectivity index (χ2n) is 7.55. The Labute approximate surface area is 193 Å². The van der Waals surface area contributed by atoms with E-state index in [1.165, 1.54) is 6.21 Å². The minimum atomic E-state index is -0.862. The SMILES string of the molecule is COc1cc(/C=N/NC(=O)C(=O)Nc2c(C)cccc2C)ccc1OCc1ccccc1C. The molecule has 0 radical (unpaired) electrons. The van der Waals surface area contributed by atoms with Crippen LogP contribution in [0.5, 0.6) is 11.5 Å². The first-order valence-electron chi connectivity index (χ1n) is 10.4. The summed E-state index contributed by atoms with van der Waals surface area (Å²) in [6.45, 7) is 6.18. The van der Waals surface area contributed by atoms with E-state index < -0.39 is 11.8 Å². The number of methoxy groups -OCH3 is 1. The van der Waals surface area contributed by atoms with E-state index in [0.29, 0.717) is 29.4 Å². The van der Waals surface area contributed by atoms with Crippen molar-refractivity contribution in [3.63, 3.8) is 0 Å². The van der Waals surface area contributed by atoms with Gasteiger partial charge in [0.2, 0.25) is 0 Å². The van der Waals surface area contributed by atoms with Crippen LogP contribution < -0.4 is 20.2 Å². The predicted octanol–water partition coefficient (Wildman–Crippen LogP) is 4.29. The summed E-state index contributed by atoms with van der Waals surface area (Å²) < 4.78 is 11.3. The van der Waals surface area contributed by atoms with E-state index in [-0.39, 0.29) is 0 Å². The van der Waals surface area contributed by atoms with Gasteiger partial charge in [0.05, 0.1) is 13.3 Å². The number of nitrogens with zero attached hydrogens (tertiary/aromatic N) is 1. The molecule has 0 spiro atoms. The fourth-order valence-electron chi connectivity index (χ4n) is 3.21. The van der Waals surface area contributed by atoms with Crippen LogP contribution in [0.25, 0.3) is 0 Å². The predicted molar refractivity (Wildman–Crippen MR) is 129 cm³/mol. The number of benzene rings is 3. The quantitative estimate of drug-likeness (QED) is 0.323. The van der Waals surface area contributed by atoms with Crippen molar-refractivity contribution in [3.8, 4) is 11.5 Å². The number of aryl methyl sites for hydroxylation is 3. The second kappa shape index (κ2) is 10.9. The van der Waals surface area contributed by atoms with Gasteiger partial charge in [-0.1, -0.05) is 42.5 Å². The van der Waals surface area contributed by atoms with Crippen LogP contribution in [0.3, 0.4) is 0 Å². The molecule has 33 heavy (non-hydrogen) atoms. The van der Waals surface area contributed by atoms with Crippen LogP contribution in [0.1, 0.15) is 27.8 Å². The van der Waals surface area contributed by atoms with Crippen LogP contribution >= 0.6 is 0 Å². The Hall–Kier alpha value is -4.13. The van der Waals surface area contributed by atoms with Gasteiger partial charge in [-0.05, 0) is 66.8 Å². The van der Waals surface area contributed by atoms with Gasteiger partial charge >= 0.3 is 11.8 Å². The molecule has 0 aromatic heterocycles. The highest BCUT2D eigenvalue weighted by Gasteiger charge is 2.15. The summed E-state index contributed by atoms with van der Waals surface area (Å²) in [7, 11) is 1.55. The highest BCUT2D eigenvalue weighted by Crippen LogP contribution is 2.28. The average Bonchev–Trinajstić information content (AvgIpc) is 2.81.